The maximum absolute atomic E-state index is 5.53. The van der Waals surface area contributed by atoms with Crippen molar-refractivity contribution >= 4 is 0 Å². The predicted octanol–water partition coefficient (Wildman–Crippen LogP) is 1.51. The van der Waals surface area contributed by atoms with Gasteiger partial charge in [-0.1, -0.05) is 6.07 Å². The summed E-state index contributed by atoms with van der Waals surface area (Å²) in [7, 11) is 2.13. The Balaban J connectivity index is 1.37. The van der Waals surface area contributed by atoms with E-state index in [1.165, 1.54) is 11.4 Å². The van der Waals surface area contributed by atoms with Crippen LogP contribution in [-0.4, -0.2) is 57.2 Å². The zero-order chi connectivity index (χ0) is 16.4. The second-order valence-corrected chi connectivity index (χ2v) is 6.86. The molecule has 2 aliphatic rings. The highest BCUT2D eigenvalue weighted by Gasteiger charge is 2.27. The van der Waals surface area contributed by atoms with Gasteiger partial charge >= 0.3 is 0 Å². The molecule has 2 aliphatic heterocycles. The molecule has 0 bridgehead atoms. The Morgan fingerprint density at radius 1 is 1.33 bits per heavy atom. The summed E-state index contributed by atoms with van der Waals surface area (Å²) in [4.78, 5) is 13.9. The van der Waals surface area contributed by atoms with Gasteiger partial charge in [-0.25, -0.2) is 4.98 Å². The molecule has 24 heavy (non-hydrogen) atoms. The summed E-state index contributed by atoms with van der Waals surface area (Å²) >= 11 is 0. The summed E-state index contributed by atoms with van der Waals surface area (Å²) < 4.78 is 7.85. The fourth-order valence-electron chi connectivity index (χ4n) is 3.66. The van der Waals surface area contributed by atoms with Crippen LogP contribution in [0.1, 0.15) is 23.5 Å². The van der Waals surface area contributed by atoms with Crippen molar-refractivity contribution in [2.75, 3.05) is 26.8 Å². The largest absolute Gasteiger partial charge is 0.380 e. The minimum absolute atomic E-state index is 0.576. The van der Waals surface area contributed by atoms with E-state index >= 15 is 0 Å². The van der Waals surface area contributed by atoms with Gasteiger partial charge in [-0.15, -0.1) is 0 Å². The van der Waals surface area contributed by atoms with Gasteiger partial charge in [-0.3, -0.25) is 14.8 Å². The molecule has 4 heterocycles. The minimum atomic E-state index is 0.576. The van der Waals surface area contributed by atoms with Crippen LogP contribution in [0.5, 0.6) is 0 Å². The van der Waals surface area contributed by atoms with Crippen molar-refractivity contribution in [2.45, 2.75) is 38.6 Å². The molecule has 4 rings (SSSR count). The van der Waals surface area contributed by atoms with Crippen molar-refractivity contribution in [3.63, 3.8) is 0 Å². The van der Waals surface area contributed by atoms with Crippen LogP contribution in [0.15, 0.2) is 30.7 Å². The molecule has 2 aromatic heterocycles. The molecule has 0 spiro atoms. The summed E-state index contributed by atoms with van der Waals surface area (Å²) in [5, 5.41) is 0. The third-order valence-electron chi connectivity index (χ3n) is 4.91. The summed E-state index contributed by atoms with van der Waals surface area (Å²) in [5.41, 5.74) is 2.39. The highest BCUT2D eigenvalue weighted by atomic mass is 16.5. The molecule has 1 fully saturated rings. The third-order valence-corrected chi connectivity index (χ3v) is 4.91. The predicted molar refractivity (Wildman–Crippen MR) is 91.3 cm³/mol. The molecular formula is C18H25N5O. The van der Waals surface area contributed by atoms with Gasteiger partial charge in [-0.2, -0.15) is 0 Å². The lowest BCUT2D eigenvalue weighted by Gasteiger charge is -2.31. The van der Waals surface area contributed by atoms with E-state index in [1.54, 1.807) is 0 Å². The van der Waals surface area contributed by atoms with Gasteiger partial charge in [0.2, 0.25) is 0 Å². The van der Waals surface area contributed by atoms with Crippen molar-refractivity contribution < 1.29 is 4.74 Å². The summed E-state index contributed by atoms with van der Waals surface area (Å²) in [6.45, 7) is 6.61. The minimum Gasteiger partial charge on any atom is -0.380 e. The molecule has 0 radical (unpaired) electrons. The molecule has 1 atom stereocenters. The Morgan fingerprint density at radius 3 is 3.08 bits per heavy atom. The van der Waals surface area contributed by atoms with Crippen LogP contribution in [0, 0.1) is 0 Å². The van der Waals surface area contributed by atoms with Crippen LogP contribution in [0.4, 0.5) is 0 Å². The van der Waals surface area contributed by atoms with Crippen molar-refractivity contribution in [1.82, 2.24) is 24.3 Å². The van der Waals surface area contributed by atoms with Crippen molar-refractivity contribution in [2.24, 2.45) is 0 Å². The van der Waals surface area contributed by atoms with E-state index < -0.39 is 0 Å². The van der Waals surface area contributed by atoms with E-state index in [1.807, 2.05) is 18.5 Å². The average Bonchev–Trinajstić information content (AvgIpc) is 3.24. The first-order valence-electron chi connectivity index (χ1n) is 8.72. The molecule has 6 nitrogen and oxygen atoms in total. The molecule has 1 saturated heterocycles. The van der Waals surface area contributed by atoms with E-state index in [2.05, 4.69) is 38.7 Å². The lowest BCUT2D eigenvalue weighted by atomic mass is 10.2. The molecule has 0 aromatic carbocycles. The Kier molecular flexibility index (Phi) is 4.60. The monoisotopic (exact) mass is 327 g/mol. The lowest BCUT2D eigenvalue weighted by molar-refractivity contribution is 0.121. The normalized spacial score (nSPS) is 21.3. The number of hydrogen-bond acceptors (Lipinski definition) is 5. The molecule has 128 valence electrons. The molecule has 0 amide bonds. The van der Waals surface area contributed by atoms with Crippen molar-refractivity contribution in [3.8, 4) is 0 Å². The molecule has 0 aliphatic carbocycles. The van der Waals surface area contributed by atoms with Gasteiger partial charge in [-0.05, 0) is 25.1 Å². The molecular weight excluding hydrogens is 302 g/mol. The number of fused-ring (bicyclic) bond motifs is 1. The highest BCUT2D eigenvalue weighted by Crippen LogP contribution is 2.20. The third kappa shape index (κ3) is 3.50. The molecule has 6 heteroatoms. The van der Waals surface area contributed by atoms with Gasteiger partial charge in [0.1, 0.15) is 5.82 Å². The Labute approximate surface area is 143 Å². The van der Waals surface area contributed by atoms with Gasteiger partial charge in [0, 0.05) is 57.4 Å². The van der Waals surface area contributed by atoms with Crippen LogP contribution in [-0.2, 0) is 30.9 Å². The number of pyridine rings is 1. The first-order valence-corrected chi connectivity index (χ1v) is 8.72. The second-order valence-electron chi connectivity index (χ2n) is 6.86. The zero-order valence-corrected chi connectivity index (χ0v) is 14.3. The Bertz CT molecular complexity index is 665. The van der Waals surface area contributed by atoms with E-state index in [-0.39, 0.29) is 0 Å². The topological polar surface area (TPSA) is 46.4 Å². The number of nitrogens with zero attached hydrogens (tertiary/aromatic N) is 5. The maximum Gasteiger partial charge on any atom is 0.123 e. The molecule has 1 unspecified atom stereocenters. The standard InChI is InChI=1S/C18H25N5O/c1-21(10-15-3-2-5-19-9-15)11-16-12-23-7-6-22(13-18(23)20-16)17-4-8-24-14-17/h2-3,5,9,12,17H,4,6-8,10-11,13-14H2,1H3. The van der Waals surface area contributed by atoms with E-state index in [4.69, 9.17) is 9.72 Å². The van der Waals surface area contributed by atoms with E-state index in [0.29, 0.717) is 6.04 Å². The van der Waals surface area contributed by atoms with Gasteiger partial charge in [0.15, 0.2) is 0 Å². The zero-order valence-electron chi connectivity index (χ0n) is 14.3. The van der Waals surface area contributed by atoms with Crippen LogP contribution >= 0.6 is 0 Å². The number of hydrogen-bond donors (Lipinski definition) is 0. The van der Waals surface area contributed by atoms with Crippen molar-refractivity contribution in [1.29, 1.82) is 0 Å². The Morgan fingerprint density at radius 2 is 2.29 bits per heavy atom. The quantitative estimate of drug-likeness (QED) is 0.833. The van der Waals surface area contributed by atoms with Gasteiger partial charge in [0.05, 0.1) is 18.8 Å². The highest BCUT2D eigenvalue weighted by molar-refractivity contribution is 5.10. The first-order chi connectivity index (χ1) is 11.8. The number of imidazole rings is 1. The smallest absolute Gasteiger partial charge is 0.123 e. The van der Waals surface area contributed by atoms with Crippen LogP contribution < -0.4 is 0 Å². The van der Waals surface area contributed by atoms with Crippen molar-refractivity contribution in [3.05, 3.63) is 47.8 Å². The van der Waals surface area contributed by atoms with Crippen LogP contribution in [0.25, 0.3) is 0 Å². The fourth-order valence-corrected chi connectivity index (χ4v) is 3.66. The van der Waals surface area contributed by atoms with E-state index in [0.717, 1.165) is 58.1 Å². The average molecular weight is 327 g/mol. The lowest BCUT2D eigenvalue weighted by Crippen LogP contribution is -2.41. The van der Waals surface area contributed by atoms with Crippen LogP contribution in [0.3, 0.4) is 0 Å². The number of aromatic nitrogens is 3. The summed E-state index contributed by atoms with van der Waals surface area (Å²) in [6, 6.07) is 4.68. The fraction of sp³-hybridized carbons (Fsp3) is 0.556. The SMILES string of the molecule is CN(Cc1cccnc1)Cc1cn2c(n1)CN(C1CCOC1)CC2. The second kappa shape index (κ2) is 7.01. The van der Waals surface area contributed by atoms with Crippen LogP contribution in [0.2, 0.25) is 0 Å². The summed E-state index contributed by atoms with van der Waals surface area (Å²) in [6.07, 6.45) is 7.11. The molecule has 2 aromatic rings. The number of ether oxygens (including phenoxy) is 1. The number of rotatable bonds is 5. The van der Waals surface area contributed by atoms with Gasteiger partial charge < -0.3 is 9.30 Å². The molecule has 0 N–H and O–H groups in total. The van der Waals surface area contributed by atoms with E-state index in [9.17, 15) is 0 Å². The molecule has 0 saturated carbocycles. The first kappa shape index (κ1) is 15.7. The summed E-state index contributed by atoms with van der Waals surface area (Å²) in [5.74, 6) is 1.19. The Hall–Kier alpha value is -1.76. The van der Waals surface area contributed by atoms with Gasteiger partial charge in [0.25, 0.3) is 0 Å². The maximum atomic E-state index is 5.53.